The summed E-state index contributed by atoms with van der Waals surface area (Å²) in [5.74, 6) is 0.267. The van der Waals surface area contributed by atoms with Gasteiger partial charge in [-0.2, -0.15) is 8.78 Å². The van der Waals surface area contributed by atoms with Crippen LogP contribution in [0.25, 0.3) is 11.2 Å². The Hall–Kier alpha value is -3.50. The van der Waals surface area contributed by atoms with E-state index in [0.717, 1.165) is 32.1 Å². The van der Waals surface area contributed by atoms with Crippen LogP contribution in [0.4, 0.5) is 14.5 Å². The third-order valence-electron chi connectivity index (χ3n) is 5.62. The molecular weight excluding hydrogens is 460 g/mol. The van der Waals surface area contributed by atoms with E-state index < -0.39 is 17.9 Å². The number of rotatable bonds is 13. The van der Waals surface area contributed by atoms with E-state index in [4.69, 9.17) is 0 Å². The predicted octanol–water partition coefficient (Wildman–Crippen LogP) is 4.05. The maximum Gasteiger partial charge on any atom is 0.387 e. The fourth-order valence-corrected chi connectivity index (χ4v) is 3.86. The number of alkyl halides is 2. The summed E-state index contributed by atoms with van der Waals surface area (Å²) < 4.78 is 32.2. The predicted molar refractivity (Wildman–Crippen MR) is 129 cm³/mol. The van der Waals surface area contributed by atoms with E-state index in [1.54, 1.807) is 0 Å². The average Bonchev–Trinajstić information content (AvgIpc) is 3.17. The number of halogens is 2. The Bertz CT molecular complexity index is 1250. The fourth-order valence-electron chi connectivity index (χ4n) is 3.86. The topological polar surface area (TPSA) is 111 Å². The van der Waals surface area contributed by atoms with Crippen molar-refractivity contribution in [1.82, 2.24) is 19.1 Å². The molecule has 0 saturated carbocycles. The maximum absolute atomic E-state index is 12.7. The third kappa shape index (κ3) is 6.77. The Kier molecular flexibility index (Phi) is 9.16. The molecule has 0 bridgehead atoms. The number of hydrogen-bond donors (Lipinski definition) is 2. The molecule has 2 heterocycles. The van der Waals surface area contributed by atoms with Gasteiger partial charge >= 0.3 is 12.3 Å². The second kappa shape index (κ2) is 12.3. The molecule has 1 aromatic carbocycles. The number of carbonyl (C=O) groups excluding carboxylic acids is 1. The molecule has 0 unspecified atom stereocenters. The number of aryl methyl sites for hydroxylation is 3. The fraction of sp³-hybridized carbons (Fsp3) is 0.500. The van der Waals surface area contributed by atoms with Crippen molar-refractivity contribution in [1.29, 1.82) is 0 Å². The molecule has 1 amide bonds. The summed E-state index contributed by atoms with van der Waals surface area (Å²) >= 11 is 0. The van der Waals surface area contributed by atoms with Crippen LogP contribution < -0.4 is 21.3 Å². The van der Waals surface area contributed by atoms with E-state index >= 15 is 0 Å². The number of nitrogens with one attached hydrogen (secondary N) is 2. The molecule has 0 aliphatic rings. The molecule has 0 fully saturated rings. The third-order valence-corrected chi connectivity index (χ3v) is 5.62. The molecule has 9 nitrogen and oxygen atoms in total. The van der Waals surface area contributed by atoms with Gasteiger partial charge in [-0.25, -0.2) is 9.78 Å². The number of amides is 1. The Morgan fingerprint density at radius 3 is 2.40 bits per heavy atom. The van der Waals surface area contributed by atoms with Crippen molar-refractivity contribution in [2.24, 2.45) is 0 Å². The molecule has 190 valence electrons. The molecule has 3 aromatic rings. The number of anilines is 1. The normalized spacial score (nSPS) is 11.3. The van der Waals surface area contributed by atoms with Crippen molar-refractivity contribution in [2.45, 2.75) is 78.5 Å². The zero-order valence-electron chi connectivity index (χ0n) is 20.0. The van der Waals surface area contributed by atoms with E-state index in [1.807, 2.05) is 11.5 Å². The van der Waals surface area contributed by atoms with Gasteiger partial charge in [0.2, 0.25) is 5.91 Å². The molecule has 0 spiro atoms. The minimum Gasteiger partial charge on any atom is -0.435 e. The summed E-state index contributed by atoms with van der Waals surface area (Å²) in [5, 5.41) is 2.72. The summed E-state index contributed by atoms with van der Waals surface area (Å²) in [6.07, 6.45) is 4.81. The van der Waals surface area contributed by atoms with Gasteiger partial charge in [-0.05, 0) is 37.1 Å². The van der Waals surface area contributed by atoms with Crippen molar-refractivity contribution < 1.29 is 18.3 Å². The van der Waals surface area contributed by atoms with Gasteiger partial charge in [0.15, 0.2) is 11.2 Å². The number of carbonyl (C=O) groups is 1. The molecule has 0 saturated heterocycles. The van der Waals surface area contributed by atoms with E-state index in [2.05, 4.69) is 26.9 Å². The zero-order chi connectivity index (χ0) is 25.4. The number of unbranched alkanes of at least 4 members (excludes halogenated alkanes) is 3. The molecule has 2 N–H and O–H groups in total. The van der Waals surface area contributed by atoms with E-state index in [0.29, 0.717) is 35.8 Å². The number of aromatic amines is 1. The van der Waals surface area contributed by atoms with Crippen molar-refractivity contribution in [2.75, 3.05) is 5.32 Å². The Morgan fingerprint density at radius 1 is 1.06 bits per heavy atom. The van der Waals surface area contributed by atoms with Crippen molar-refractivity contribution >= 4 is 22.8 Å². The second-order valence-corrected chi connectivity index (χ2v) is 8.27. The van der Waals surface area contributed by atoms with Crippen molar-refractivity contribution in [3.05, 3.63) is 50.9 Å². The van der Waals surface area contributed by atoms with Gasteiger partial charge in [0.25, 0.3) is 5.56 Å². The molecule has 2 aromatic heterocycles. The Labute approximate surface area is 201 Å². The molecule has 35 heavy (non-hydrogen) atoms. The largest absolute Gasteiger partial charge is 0.435 e. The van der Waals surface area contributed by atoms with Gasteiger partial charge in [0, 0.05) is 31.6 Å². The number of benzene rings is 1. The number of aromatic nitrogens is 4. The summed E-state index contributed by atoms with van der Waals surface area (Å²) in [7, 11) is 0. The van der Waals surface area contributed by atoms with Crippen LogP contribution in [0.1, 0.15) is 58.2 Å². The van der Waals surface area contributed by atoms with Gasteiger partial charge in [-0.15, -0.1) is 0 Å². The van der Waals surface area contributed by atoms with E-state index in [9.17, 15) is 23.2 Å². The zero-order valence-corrected chi connectivity index (χ0v) is 20.0. The lowest BCUT2D eigenvalue weighted by atomic mass is 10.2. The lowest BCUT2D eigenvalue weighted by Gasteiger charge is -2.10. The van der Waals surface area contributed by atoms with Crippen LogP contribution in [0.15, 0.2) is 33.9 Å². The van der Waals surface area contributed by atoms with Gasteiger partial charge < -0.3 is 14.6 Å². The minimum atomic E-state index is -2.92. The first-order valence-corrected chi connectivity index (χ1v) is 11.9. The quantitative estimate of drug-likeness (QED) is 0.351. The first kappa shape index (κ1) is 26.1. The smallest absolute Gasteiger partial charge is 0.387 e. The number of ether oxygens (including phenoxy) is 1. The van der Waals surface area contributed by atoms with Gasteiger partial charge in [0.1, 0.15) is 11.6 Å². The first-order valence-electron chi connectivity index (χ1n) is 11.9. The highest BCUT2D eigenvalue weighted by atomic mass is 19.3. The minimum absolute atomic E-state index is 0.00172. The van der Waals surface area contributed by atoms with Crippen LogP contribution in [0.3, 0.4) is 0 Å². The average molecular weight is 492 g/mol. The lowest BCUT2D eigenvalue weighted by molar-refractivity contribution is -0.116. The summed E-state index contributed by atoms with van der Waals surface area (Å²) in [5.41, 5.74) is 0.162. The second-order valence-electron chi connectivity index (χ2n) is 8.27. The van der Waals surface area contributed by atoms with E-state index in [1.165, 1.54) is 28.8 Å². The van der Waals surface area contributed by atoms with Gasteiger partial charge in [0.05, 0.1) is 0 Å². The van der Waals surface area contributed by atoms with Crippen LogP contribution >= 0.6 is 0 Å². The van der Waals surface area contributed by atoms with Crippen LogP contribution in [-0.4, -0.2) is 31.6 Å². The number of H-pyrrole nitrogens is 1. The van der Waals surface area contributed by atoms with E-state index in [-0.39, 0.29) is 24.5 Å². The van der Waals surface area contributed by atoms with Crippen LogP contribution in [0, 0.1) is 0 Å². The number of fused-ring (bicyclic) bond motifs is 1. The van der Waals surface area contributed by atoms with Crippen molar-refractivity contribution in [3.63, 3.8) is 0 Å². The Balaban J connectivity index is 1.81. The molecule has 0 aliphatic heterocycles. The molecule has 3 rings (SSSR count). The first-order chi connectivity index (χ1) is 16.8. The standard InChI is InChI=1S/C24H31F2N5O4/c1-3-5-7-15-30-18(28-21-20(30)22(33)29-24(34)31(21)14-6-4-2)12-13-19(32)27-16-8-10-17(11-9-16)35-23(25)26/h8-11,23H,3-7,12-15H2,1-2H3,(H,27,32)(H,29,33,34). The SMILES string of the molecule is CCCCCn1c(CCC(=O)Nc2ccc(OC(F)F)cc2)nc2c1c(=O)[nH]c(=O)n2CCCC. The molecule has 11 heteroatoms. The summed E-state index contributed by atoms with van der Waals surface area (Å²) in [4.78, 5) is 44.7. The molecule has 0 aliphatic carbocycles. The van der Waals surface area contributed by atoms with Gasteiger partial charge in [-0.3, -0.25) is 19.1 Å². The van der Waals surface area contributed by atoms with Crippen LogP contribution in [0.2, 0.25) is 0 Å². The maximum atomic E-state index is 12.7. The molecular formula is C24H31F2N5O4. The summed E-state index contributed by atoms with van der Waals surface area (Å²) in [6, 6.07) is 5.64. The Morgan fingerprint density at radius 2 is 1.74 bits per heavy atom. The van der Waals surface area contributed by atoms with Crippen LogP contribution in [0.5, 0.6) is 5.75 Å². The number of nitrogens with zero attached hydrogens (tertiary/aromatic N) is 3. The lowest BCUT2D eigenvalue weighted by Crippen LogP contribution is -2.31. The van der Waals surface area contributed by atoms with Crippen LogP contribution in [-0.2, 0) is 24.3 Å². The highest BCUT2D eigenvalue weighted by Gasteiger charge is 2.19. The molecule has 0 radical (unpaired) electrons. The highest BCUT2D eigenvalue weighted by Crippen LogP contribution is 2.19. The van der Waals surface area contributed by atoms with Crippen molar-refractivity contribution in [3.8, 4) is 5.75 Å². The number of imidazole rings is 1. The highest BCUT2D eigenvalue weighted by molar-refractivity contribution is 5.90. The van der Waals surface area contributed by atoms with Gasteiger partial charge in [-0.1, -0.05) is 33.1 Å². The molecule has 0 atom stereocenters. The summed E-state index contributed by atoms with van der Waals surface area (Å²) in [6.45, 7) is 2.18. The number of hydrogen-bond acceptors (Lipinski definition) is 5. The monoisotopic (exact) mass is 491 g/mol.